The lowest BCUT2D eigenvalue weighted by atomic mass is 10.1. The largest absolute Gasteiger partial charge is 0.338 e. The van der Waals surface area contributed by atoms with Gasteiger partial charge in [0.2, 0.25) is 5.91 Å². The van der Waals surface area contributed by atoms with Gasteiger partial charge in [-0.2, -0.15) is 5.10 Å². The van der Waals surface area contributed by atoms with E-state index < -0.39 is 0 Å². The predicted octanol–water partition coefficient (Wildman–Crippen LogP) is 2.81. The lowest BCUT2D eigenvalue weighted by molar-refractivity contribution is -0.128. The van der Waals surface area contributed by atoms with Crippen LogP contribution in [0.5, 0.6) is 0 Å². The normalized spacial score (nSPS) is 12.3. The summed E-state index contributed by atoms with van der Waals surface area (Å²) in [5.74, 6) is -0.0644. The Bertz CT molecular complexity index is 896. The molecular weight excluding hydrogens is 341 g/mol. The summed E-state index contributed by atoms with van der Waals surface area (Å²) in [6, 6.07) is 6.05. The topological polar surface area (TPSA) is 63.9 Å². The maximum absolute atomic E-state index is 13.0. The van der Waals surface area contributed by atoms with Crippen molar-refractivity contribution < 1.29 is 9.18 Å². The minimum atomic E-state index is -0.287. The molecule has 1 aromatic carbocycles. The average molecular weight is 359 g/mol. The van der Waals surface area contributed by atoms with Gasteiger partial charge in [-0.15, -0.1) is 0 Å². The summed E-state index contributed by atoms with van der Waals surface area (Å²) in [5.41, 5.74) is 1.62. The van der Waals surface area contributed by atoms with Gasteiger partial charge in [0.15, 0.2) is 5.65 Å². The van der Waals surface area contributed by atoms with Crippen molar-refractivity contribution in [3.8, 4) is 0 Å². The van der Waals surface area contributed by atoms with Gasteiger partial charge in [-0.05, 0) is 24.6 Å². The molecule has 3 aromatic rings. The molecule has 130 valence electrons. The van der Waals surface area contributed by atoms with Crippen LogP contribution in [-0.4, -0.2) is 43.4 Å². The highest BCUT2D eigenvalue weighted by Gasteiger charge is 2.18. The predicted molar refractivity (Wildman–Crippen MR) is 94.6 cm³/mol. The Labute approximate surface area is 149 Å². The number of aromatic nitrogens is 4. The first kappa shape index (κ1) is 17.3. The fraction of sp³-hybridized carbons (Fsp3) is 0.294. The first-order valence-corrected chi connectivity index (χ1v) is 8.72. The van der Waals surface area contributed by atoms with Crippen molar-refractivity contribution in [2.75, 3.05) is 12.8 Å². The second kappa shape index (κ2) is 7.18. The maximum Gasteiger partial charge on any atom is 0.233 e. The van der Waals surface area contributed by atoms with Crippen LogP contribution in [0.15, 0.2) is 41.8 Å². The van der Waals surface area contributed by atoms with E-state index in [0.717, 1.165) is 21.6 Å². The molecule has 0 radical (unpaired) electrons. The van der Waals surface area contributed by atoms with Crippen LogP contribution in [0.4, 0.5) is 4.39 Å². The lowest BCUT2D eigenvalue weighted by Crippen LogP contribution is -2.31. The van der Waals surface area contributed by atoms with Gasteiger partial charge in [-0.1, -0.05) is 23.9 Å². The minimum absolute atomic E-state index is 0.0301. The molecule has 0 aliphatic heterocycles. The smallest absolute Gasteiger partial charge is 0.233 e. The number of benzene rings is 1. The number of hydrogen-bond acceptors (Lipinski definition) is 5. The van der Waals surface area contributed by atoms with Crippen LogP contribution >= 0.6 is 11.8 Å². The summed E-state index contributed by atoms with van der Waals surface area (Å²) in [5, 5.41) is 5.73. The van der Waals surface area contributed by atoms with E-state index in [-0.39, 0.29) is 23.5 Å². The van der Waals surface area contributed by atoms with Gasteiger partial charge in [-0.3, -0.25) is 9.48 Å². The summed E-state index contributed by atoms with van der Waals surface area (Å²) in [7, 11) is 3.56. The fourth-order valence-electron chi connectivity index (χ4n) is 2.47. The minimum Gasteiger partial charge on any atom is -0.338 e. The van der Waals surface area contributed by atoms with Gasteiger partial charge < -0.3 is 4.90 Å². The Morgan fingerprint density at radius 1 is 1.32 bits per heavy atom. The van der Waals surface area contributed by atoms with Crippen LogP contribution in [0.1, 0.15) is 18.5 Å². The van der Waals surface area contributed by atoms with Crippen molar-refractivity contribution in [1.29, 1.82) is 0 Å². The maximum atomic E-state index is 13.0. The number of aryl methyl sites for hydroxylation is 1. The number of fused-ring (bicyclic) bond motifs is 1. The van der Waals surface area contributed by atoms with Gasteiger partial charge in [0, 0.05) is 14.1 Å². The number of rotatable bonds is 5. The Balaban J connectivity index is 1.68. The molecule has 2 aromatic heterocycles. The second-order valence-corrected chi connectivity index (χ2v) is 6.67. The van der Waals surface area contributed by atoms with Gasteiger partial charge in [0.05, 0.1) is 23.4 Å². The van der Waals surface area contributed by atoms with Crippen LogP contribution in [0.2, 0.25) is 0 Å². The summed E-state index contributed by atoms with van der Waals surface area (Å²) < 4.78 is 14.7. The number of carbonyl (C=O) groups is 1. The molecule has 0 fully saturated rings. The third kappa shape index (κ3) is 3.63. The molecule has 0 N–H and O–H groups in total. The van der Waals surface area contributed by atoms with Crippen molar-refractivity contribution in [3.63, 3.8) is 0 Å². The van der Waals surface area contributed by atoms with Crippen LogP contribution in [-0.2, 0) is 11.8 Å². The van der Waals surface area contributed by atoms with Gasteiger partial charge in [-0.25, -0.2) is 14.4 Å². The molecule has 2 heterocycles. The van der Waals surface area contributed by atoms with E-state index in [1.165, 1.54) is 30.2 Å². The third-order valence-electron chi connectivity index (χ3n) is 4.15. The van der Waals surface area contributed by atoms with E-state index >= 15 is 0 Å². The summed E-state index contributed by atoms with van der Waals surface area (Å²) >= 11 is 1.36. The number of thioether (sulfide) groups is 1. The van der Waals surface area contributed by atoms with Gasteiger partial charge in [0.1, 0.15) is 17.2 Å². The molecule has 0 spiro atoms. The molecule has 8 heteroatoms. The molecular formula is C17H18FN5OS. The summed E-state index contributed by atoms with van der Waals surface area (Å²) in [6.07, 6.45) is 3.18. The van der Waals surface area contributed by atoms with E-state index in [1.54, 1.807) is 35.0 Å². The number of hydrogen-bond donors (Lipinski definition) is 0. The Morgan fingerprint density at radius 2 is 2.04 bits per heavy atom. The van der Waals surface area contributed by atoms with Gasteiger partial charge in [0.25, 0.3) is 0 Å². The molecule has 1 atom stereocenters. The molecule has 25 heavy (non-hydrogen) atoms. The van der Waals surface area contributed by atoms with E-state index in [2.05, 4.69) is 15.1 Å². The fourth-order valence-corrected chi connectivity index (χ4v) is 3.35. The highest BCUT2D eigenvalue weighted by atomic mass is 32.2. The van der Waals surface area contributed by atoms with Crippen molar-refractivity contribution in [3.05, 3.63) is 48.2 Å². The Hall–Kier alpha value is -2.48. The van der Waals surface area contributed by atoms with E-state index in [1.807, 2.05) is 14.0 Å². The highest BCUT2D eigenvalue weighted by Crippen LogP contribution is 2.25. The first-order chi connectivity index (χ1) is 12.0. The van der Waals surface area contributed by atoms with Crippen LogP contribution in [0.3, 0.4) is 0 Å². The lowest BCUT2D eigenvalue weighted by Gasteiger charge is -2.25. The standard InChI is InChI=1S/C17H18FN5OS/c1-11(12-4-6-13(18)7-5-12)22(2)15(24)9-25-17-14-8-21-23(3)16(14)19-10-20-17/h4-8,10-11H,9H2,1-3H3. The molecule has 6 nitrogen and oxygen atoms in total. The number of carbonyl (C=O) groups excluding carboxylic acids is 1. The SMILES string of the molecule is CC(c1ccc(F)cc1)N(C)C(=O)CSc1ncnc2c1cnn2C. The van der Waals surface area contributed by atoms with Crippen molar-refractivity contribution >= 4 is 28.7 Å². The van der Waals surface area contributed by atoms with Crippen molar-refractivity contribution in [1.82, 2.24) is 24.6 Å². The Morgan fingerprint density at radius 3 is 2.76 bits per heavy atom. The van der Waals surface area contributed by atoms with Crippen LogP contribution in [0, 0.1) is 5.82 Å². The van der Waals surface area contributed by atoms with Crippen molar-refractivity contribution in [2.45, 2.75) is 18.0 Å². The quantitative estimate of drug-likeness (QED) is 0.518. The zero-order valence-electron chi connectivity index (χ0n) is 14.2. The molecule has 0 saturated heterocycles. The van der Waals surface area contributed by atoms with E-state index in [4.69, 9.17) is 0 Å². The molecule has 1 unspecified atom stereocenters. The summed E-state index contributed by atoms with van der Waals surface area (Å²) in [6.45, 7) is 1.92. The van der Waals surface area contributed by atoms with Gasteiger partial charge >= 0.3 is 0 Å². The highest BCUT2D eigenvalue weighted by molar-refractivity contribution is 8.00. The molecule has 3 rings (SSSR count). The van der Waals surface area contributed by atoms with E-state index in [9.17, 15) is 9.18 Å². The van der Waals surface area contributed by atoms with Crippen LogP contribution < -0.4 is 0 Å². The second-order valence-electron chi connectivity index (χ2n) is 5.71. The number of nitrogens with zero attached hydrogens (tertiary/aromatic N) is 5. The number of amides is 1. The number of halogens is 1. The molecule has 0 bridgehead atoms. The third-order valence-corrected chi connectivity index (χ3v) is 5.14. The Kier molecular flexibility index (Phi) is 4.98. The summed E-state index contributed by atoms with van der Waals surface area (Å²) in [4.78, 5) is 22.6. The van der Waals surface area contributed by atoms with E-state index in [0.29, 0.717) is 0 Å². The average Bonchev–Trinajstić information content (AvgIpc) is 3.01. The zero-order chi connectivity index (χ0) is 18.0. The zero-order valence-corrected chi connectivity index (χ0v) is 15.0. The van der Waals surface area contributed by atoms with Crippen LogP contribution in [0.25, 0.3) is 11.0 Å². The first-order valence-electron chi connectivity index (χ1n) is 7.74. The molecule has 0 aliphatic rings. The molecule has 0 saturated carbocycles. The van der Waals surface area contributed by atoms with Crippen molar-refractivity contribution in [2.24, 2.45) is 7.05 Å². The monoisotopic (exact) mass is 359 g/mol. The molecule has 0 aliphatic carbocycles. The molecule has 1 amide bonds.